The summed E-state index contributed by atoms with van der Waals surface area (Å²) in [5.74, 6) is 0.0257. The van der Waals surface area contributed by atoms with Crippen LogP contribution in [-0.4, -0.2) is 27.5 Å². The van der Waals surface area contributed by atoms with Gasteiger partial charge in [0, 0.05) is 51.2 Å². The molecule has 0 bridgehead atoms. The van der Waals surface area contributed by atoms with Gasteiger partial charge in [-0.05, 0) is 55.3 Å². The summed E-state index contributed by atoms with van der Waals surface area (Å²) in [6, 6.07) is 21.9. The number of carbonyl (C=O) groups excluding carboxylic acids is 2. The molecule has 2 amide bonds. The fraction of sp³-hybridized carbons (Fsp3) is 0.276. The molecular weight excluding hydrogens is 582 g/mol. The van der Waals surface area contributed by atoms with Crippen molar-refractivity contribution in [1.82, 2.24) is 4.98 Å². The first-order chi connectivity index (χ1) is 17.6. The molecule has 1 aromatic heterocycles. The Labute approximate surface area is 228 Å². The summed E-state index contributed by atoms with van der Waals surface area (Å²) in [4.78, 5) is 29.8. The van der Waals surface area contributed by atoms with Crippen LogP contribution in [0.4, 0.5) is 11.4 Å². The fourth-order valence-electron chi connectivity index (χ4n) is 4.19. The molecule has 4 aromatic rings. The van der Waals surface area contributed by atoms with Gasteiger partial charge < -0.3 is 10.6 Å². The smallest absolute Gasteiger partial charge is 0.224 e. The van der Waals surface area contributed by atoms with Gasteiger partial charge in [-0.25, -0.2) is 4.98 Å². The number of carbonyl (C=O) groups is 2. The van der Waals surface area contributed by atoms with Crippen molar-refractivity contribution in [2.75, 3.05) is 21.3 Å². The molecule has 186 valence electrons. The number of benzene rings is 3. The second-order valence-electron chi connectivity index (χ2n) is 8.71. The van der Waals surface area contributed by atoms with Gasteiger partial charge in [-0.15, -0.1) is 0 Å². The molecule has 0 aliphatic carbocycles. The lowest BCUT2D eigenvalue weighted by atomic mass is 9.99. The summed E-state index contributed by atoms with van der Waals surface area (Å²) < 4.78 is 0. The van der Waals surface area contributed by atoms with Crippen LogP contribution >= 0.6 is 31.9 Å². The molecule has 0 aliphatic heterocycles. The molecule has 0 spiro atoms. The number of unbranched alkanes of at least 4 members (excludes halogenated alkanes) is 2. The van der Waals surface area contributed by atoms with E-state index in [1.54, 1.807) is 0 Å². The summed E-state index contributed by atoms with van der Waals surface area (Å²) in [6.45, 7) is 0. The molecule has 1 heterocycles. The Morgan fingerprint density at radius 1 is 0.667 bits per heavy atom. The van der Waals surface area contributed by atoms with E-state index in [1.165, 1.54) is 0 Å². The highest BCUT2D eigenvalue weighted by Crippen LogP contribution is 2.35. The van der Waals surface area contributed by atoms with Crippen LogP contribution in [0, 0.1) is 0 Å². The van der Waals surface area contributed by atoms with Gasteiger partial charge >= 0.3 is 0 Å². The second kappa shape index (κ2) is 13.0. The highest BCUT2D eigenvalue weighted by Gasteiger charge is 2.13. The molecule has 7 heteroatoms. The van der Waals surface area contributed by atoms with E-state index in [4.69, 9.17) is 4.98 Å². The summed E-state index contributed by atoms with van der Waals surface area (Å²) >= 11 is 6.82. The minimum atomic E-state index is 0.0101. The summed E-state index contributed by atoms with van der Waals surface area (Å²) in [6.07, 6.45) is 4.63. The lowest BCUT2D eigenvalue weighted by Gasteiger charge is -2.14. The number of fused-ring (bicyclic) bond motifs is 3. The number of amides is 2. The zero-order valence-electron chi connectivity index (χ0n) is 20.0. The average Bonchev–Trinajstić information content (AvgIpc) is 2.89. The molecule has 0 fully saturated rings. The first-order valence-corrected chi connectivity index (χ1v) is 14.5. The number of rotatable bonds is 11. The third-order valence-corrected chi connectivity index (χ3v) is 7.11. The maximum atomic E-state index is 12.4. The minimum Gasteiger partial charge on any atom is -0.326 e. The van der Waals surface area contributed by atoms with E-state index in [0.717, 1.165) is 80.7 Å². The number of halogens is 2. The van der Waals surface area contributed by atoms with Gasteiger partial charge in [0.2, 0.25) is 11.8 Å². The van der Waals surface area contributed by atoms with E-state index >= 15 is 0 Å². The summed E-state index contributed by atoms with van der Waals surface area (Å²) in [5.41, 5.74) is 4.15. The first-order valence-electron chi connectivity index (χ1n) is 12.2. The molecule has 0 aliphatic rings. The van der Waals surface area contributed by atoms with Gasteiger partial charge in [-0.1, -0.05) is 74.3 Å². The van der Waals surface area contributed by atoms with E-state index < -0.39 is 0 Å². The Bertz CT molecular complexity index is 1360. The molecule has 0 radical (unpaired) electrons. The van der Waals surface area contributed by atoms with Crippen LogP contribution < -0.4 is 10.6 Å². The standard InChI is InChI=1S/C29H29Br2N3O2/c30-16-6-4-10-27(35)32-21-12-14-23-24-15-13-22(33-28(36)11-5-7-17-31)19-26(24)34-29(25(23)18-21)20-8-2-1-3-9-20/h1-3,8-9,12-15,18-19H,4-7,10-11,16-17H2,(H,32,35)(H,33,36). The number of pyridine rings is 1. The Morgan fingerprint density at radius 2 is 1.25 bits per heavy atom. The lowest BCUT2D eigenvalue weighted by Crippen LogP contribution is -2.11. The number of alkyl halides is 2. The van der Waals surface area contributed by atoms with Crippen molar-refractivity contribution in [3.8, 4) is 11.3 Å². The van der Waals surface area contributed by atoms with Crippen molar-refractivity contribution in [2.24, 2.45) is 0 Å². The van der Waals surface area contributed by atoms with Gasteiger partial charge in [0.1, 0.15) is 0 Å². The summed E-state index contributed by atoms with van der Waals surface area (Å²) in [7, 11) is 0. The van der Waals surface area contributed by atoms with Crippen molar-refractivity contribution in [3.63, 3.8) is 0 Å². The van der Waals surface area contributed by atoms with Crippen molar-refractivity contribution in [2.45, 2.75) is 38.5 Å². The minimum absolute atomic E-state index is 0.0101. The monoisotopic (exact) mass is 609 g/mol. The lowest BCUT2D eigenvalue weighted by molar-refractivity contribution is -0.117. The number of hydrogen-bond acceptors (Lipinski definition) is 3. The number of aromatic nitrogens is 1. The molecule has 2 N–H and O–H groups in total. The third kappa shape index (κ3) is 6.71. The summed E-state index contributed by atoms with van der Waals surface area (Å²) in [5, 5.41) is 10.9. The quantitative estimate of drug-likeness (QED) is 0.102. The number of hydrogen-bond donors (Lipinski definition) is 2. The maximum absolute atomic E-state index is 12.4. The number of nitrogens with zero attached hydrogens (tertiary/aromatic N) is 1. The molecule has 5 nitrogen and oxygen atoms in total. The van der Waals surface area contributed by atoms with Crippen LogP contribution in [0.3, 0.4) is 0 Å². The van der Waals surface area contributed by atoms with Gasteiger partial charge in [0.25, 0.3) is 0 Å². The third-order valence-electron chi connectivity index (χ3n) is 5.98. The van der Waals surface area contributed by atoms with E-state index in [2.05, 4.69) is 42.5 Å². The van der Waals surface area contributed by atoms with E-state index in [1.807, 2.05) is 66.7 Å². The first kappa shape index (κ1) is 26.3. The molecule has 0 saturated carbocycles. The zero-order chi connectivity index (χ0) is 25.3. The SMILES string of the molecule is O=C(CCCCBr)Nc1ccc2c(c1)nc(-c1ccccc1)c1cc(NC(=O)CCCCBr)ccc12. The van der Waals surface area contributed by atoms with E-state index in [0.29, 0.717) is 12.8 Å². The van der Waals surface area contributed by atoms with Crippen LogP contribution in [0.5, 0.6) is 0 Å². The van der Waals surface area contributed by atoms with Crippen molar-refractivity contribution in [1.29, 1.82) is 0 Å². The van der Waals surface area contributed by atoms with Crippen LogP contribution in [0.25, 0.3) is 32.9 Å². The van der Waals surface area contributed by atoms with E-state index in [-0.39, 0.29) is 11.8 Å². The van der Waals surface area contributed by atoms with Crippen LogP contribution in [0.1, 0.15) is 38.5 Å². The van der Waals surface area contributed by atoms with Crippen molar-refractivity contribution >= 4 is 76.7 Å². The molecule has 36 heavy (non-hydrogen) atoms. The van der Waals surface area contributed by atoms with Gasteiger partial charge in [0.15, 0.2) is 0 Å². The molecule has 4 rings (SSSR count). The zero-order valence-corrected chi connectivity index (χ0v) is 23.2. The van der Waals surface area contributed by atoms with Gasteiger partial charge in [-0.2, -0.15) is 0 Å². The Morgan fingerprint density at radius 3 is 1.86 bits per heavy atom. The predicted molar refractivity (Wildman–Crippen MR) is 157 cm³/mol. The highest BCUT2D eigenvalue weighted by molar-refractivity contribution is 9.09. The van der Waals surface area contributed by atoms with Gasteiger partial charge in [-0.3, -0.25) is 9.59 Å². The molecule has 0 unspecified atom stereocenters. The predicted octanol–water partition coefficient (Wildman–Crippen LogP) is 8.06. The molecular formula is C29H29Br2N3O2. The van der Waals surface area contributed by atoms with Crippen LogP contribution in [-0.2, 0) is 9.59 Å². The normalized spacial score (nSPS) is 11.1. The number of anilines is 2. The maximum Gasteiger partial charge on any atom is 0.224 e. The molecule has 0 saturated heterocycles. The molecule has 0 atom stereocenters. The highest BCUT2D eigenvalue weighted by atomic mass is 79.9. The topological polar surface area (TPSA) is 71.1 Å². The van der Waals surface area contributed by atoms with Crippen molar-refractivity contribution in [3.05, 3.63) is 66.7 Å². The average molecular weight is 611 g/mol. The van der Waals surface area contributed by atoms with Crippen LogP contribution in [0.15, 0.2) is 66.7 Å². The van der Waals surface area contributed by atoms with Gasteiger partial charge in [0.05, 0.1) is 11.2 Å². The number of nitrogens with one attached hydrogen (secondary N) is 2. The van der Waals surface area contributed by atoms with E-state index in [9.17, 15) is 9.59 Å². The van der Waals surface area contributed by atoms with Crippen molar-refractivity contribution < 1.29 is 9.59 Å². The Hall–Kier alpha value is -2.77. The second-order valence-corrected chi connectivity index (χ2v) is 10.3. The van der Waals surface area contributed by atoms with Crippen LogP contribution in [0.2, 0.25) is 0 Å². The Balaban J connectivity index is 1.71. The fourth-order valence-corrected chi connectivity index (χ4v) is 4.98. The Kier molecular flexibility index (Phi) is 9.47. The largest absolute Gasteiger partial charge is 0.326 e. The molecule has 3 aromatic carbocycles.